The molecule has 1 N–H and O–H groups in total. The number of aromatic nitrogens is 3. The monoisotopic (exact) mass is 425 g/mol. The zero-order chi connectivity index (χ0) is 26.0. The van der Waals surface area contributed by atoms with E-state index in [1.807, 2.05) is 0 Å². The van der Waals surface area contributed by atoms with Crippen molar-refractivity contribution in [1.29, 1.82) is 0 Å². The number of hydrogen-bond donors (Lipinski definition) is 1. The second kappa shape index (κ2) is 7.24. The molecule has 4 aromatic rings. The molecule has 6 nitrogen and oxygen atoms in total. The Kier molecular flexibility index (Phi) is 3.36. The first-order valence-electron chi connectivity index (χ1n) is 11.8. The van der Waals surface area contributed by atoms with E-state index in [1.165, 1.54) is 23.2 Å². The first kappa shape index (κ1) is 14.4. The first-order valence-corrected chi connectivity index (χ1v) is 9.32. The van der Waals surface area contributed by atoms with Gasteiger partial charge in [-0.05, 0) is 35.4 Å². The highest BCUT2D eigenvalue weighted by Crippen LogP contribution is 2.33. The van der Waals surface area contributed by atoms with E-state index >= 15 is 8.78 Å². The Morgan fingerprint density at radius 1 is 1.23 bits per heavy atom. The van der Waals surface area contributed by atoms with Gasteiger partial charge in [-0.2, -0.15) is 5.10 Å². The van der Waals surface area contributed by atoms with Gasteiger partial charge in [0.1, 0.15) is 11.6 Å². The lowest BCUT2D eigenvalue weighted by Gasteiger charge is -2.17. The van der Waals surface area contributed by atoms with E-state index in [-0.39, 0.29) is 52.2 Å². The molecule has 1 aliphatic heterocycles. The topological polar surface area (TPSA) is 71.2 Å². The van der Waals surface area contributed by atoms with Crippen molar-refractivity contribution in [3.63, 3.8) is 0 Å². The summed E-state index contributed by atoms with van der Waals surface area (Å²) in [7, 11) is 0. The number of aryl methyl sites for hydroxylation is 1. The number of halogens is 2. The van der Waals surface area contributed by atoms with Crippen molar-refractivity contribution in [1.82, 2.24) is 19.7 Å². The van der Waals surface area contributed by atoms with Crippen molar-refractivity contribution in [2.45, 2.75) is 19.6 Å². The van der Waals surface area contributed by atoms with Gasteiger partial charge in [0.25, 0.3) is 5.91 Å². The Balaban J connectivity index is 1.56. The van der Waals surface area contributed by atoms with Gasteiger partial charge in [0, 0.05) is 40.0 Å². The Labute approximate surface area is 183 Å². The normalized spacial score (nSPS) is 16.5. The molecule has 2 aromatic carbocycles. The molecule has 0 radical (unpaired) electrons. The van der Waals surface area contributed by atoms with Crippen LogP contribution in [0, 0.1) is 11.6 Å². The minimum atomic E-state index is -2.83. The molecule has 2 aromatic heterocycles. The van der Waals surface area contributed by atoms with E-state index < -0.39 is 25.2 Å². The molecule has 0 atom stereocenters. The van der Waals surface area contributed by atoms with Crippen molar-refractivity contribution in [3.05, 3.63) is 82.8 Å². The SMILES string of the molecule is [2H]C([2H])(O)c1ccc(-c2cc(F)c(CN3Cc4ncccc4C3=O)c(F)c2)c2cn(C([2H])([2H])[2H])nc12. The summed E-state index contributed by atoms with van der Waals surface area (Å²) in [5.41, 5.74) is 0.372. The largest absolute Gasteiger partial charge is 0.392 e. The van der Waals surface area contributed by atoms with Crippen LogP contribution in [0.5, 0.6) is 0 Å². The maximum absolute atomic E-state index is 15.2. The third kappa shape index (κ3) is 3.16. The molecule has 1 amide bonds. The number of amides is 1. The molecule has 0 bridgehead atoms. The number of pyridine rings is 1. The van der Waals surface area contributed by atoms with Gasteiger partial charge >= 0.3 is 0 Å². The predicted octanol–water partition coefficient (Wildman–Crippen LogP) is 3.56. The molecule has 3 heterocycles. The van der Waals surface area contributed by atoms with Crippen molar-refractivity contribution < 1.29 is 25.5 Å². The van der Waals surface area contributed by atoms with Crippen LogP contribution in [-0.4, -0.2) is 30.7 Å². The molecule has 0 saturated heterocycles. The molecule has 0 aliphatic carbocycles. The fraction of sp³-hybridized carbons (Fsp3) is 0.174. The number of benzene rings is 2. The van der Waals surface area contributed by atoms with Crippen LogP contribution in [0.15, 0.2) is 48.8 Å². The van der Waals surface area contributed by atoms with Crippen LogP contribution >= 0.6 is 0 Å². The lowest BCUT2D eigenvalue weighted by molar-refractivity contribution is 0.0763. The van der Waals surface area contributed by atoms with Gasteiger partial charge in [-0.15, -0.1) is 0 Å². The van der Waals surface area contributed by atoms with Gasteiger partial charge in [0.05, 0.1) is 39.2 Å². The number of hydrogen-bond acceptors (Lipinski definition) is 4. The first-order chi connectivity index (χ1) is 16.8. The fourth-order valence-corrected chi connectivity index (χ4v) is 3.86. The Bertz CT molecular complexity index is 1510. The second-order valence-electron chi connectivity index (χ2n) is 7.19. The standard InChI is InChI=1S/C23H18F2N4O2/c1-28-9-17-15(5-4-13(12-30)22(17)27-28)14-7-19(24)18(20(25)8-14)10-29-11-21-16(23(29)31)3-2-6-26-21/h2-9,30H,10-12H2,1H3/i1D3,12D2. The Hall–Kier alpha value is -3.65. The lowest BCUT2D eigenvalue weighted by atomic mass is 9.98. The van der Waals surface area contributed by atoms with Crippen LogP contribution in [0.3, 0.4) is 0 Å². The summed E-state index contributed by atoms with van der Waals surface area (Å²) < 4.78 is 69.0. The zero-order valence-electron chi connectivity index (χ0n) is 20.9. The minimum Gasteiger partial charge on any atom is -0.392 e. The highest BCUT2D eigenvalue weighted by molar-refractivity contribution is 5.98. The molecular weight excluding hydrogens is 402 g/mol. The smallest absolute Gasteiger partial charge is 0.256 e. The van der Waals surface area contributed by atoms with E-state index in [1.54, 1.807) is 12.1 Å². The number of aliphatic hydroxyl groups is 1. The average molecular weight is 425 g/mol. The van der Waals surface area contributed by atoms with Crippen molar-refractivity contribution in [3.8, 4) is 11.1 Å². The summed E-state index contributed by atoms with van der Waals surface area (Å²) in [5, 5.41) is 13.9. The van der Waals surface area contributed by atoms with Gasteiger partial charge in [-0.25, -0.2) is 8.78 Å². The lowest BCUT2D eigenvalue weighted by Crippen LogP contribution is -2.24. The van der Waals surface area contributed by atoms with Gasteiger partial charge in [-0.3, -0.25) is 14.5 Å². The highest BCUT2D eigenvalue weighted by atomic mass is 19.1. The summed E-state index contributed by atoms with van der Waals surface area (Å²) in [6.45, 7) is -5.73. The number of carbonyl (C=O) groups excluding carboxylic acids is 1. The van der Waals surface area contributed by atoms with Crippen LogP contribution in [0.4, 0.5) is 8.78 Å². The summed E-state index contributed by atoms with van der Waals surface area (Å²) in [6.07, 6.45) is 2.65. The molecule has 31 heavy (non-hydrogen) atoms. The zero-order valence-corrected chi connectivity index (χ0v) is 15.9. The average Bonchev–Trinajstić information content (AvgIpc) is 3.37. The van der Waals surface area contributed by atoms with Gasteiger partial charge < -0.3 is 10.0 Å². The quantitative estimate of drug-likeness (QED) is 0.543. The minimum absolute atomic E-state index is 0.0478. The summed E-state index contributed by atoms with van der Waals surface area (Å²) in [5.74, 6) is -2.21. The van der Waals surface area contributed by atoms with Gasteiger partial charge in [-0.1, -0.05) is 12.1 Å². The maximum Gasteiger partial charge on any atom is 0.256 e. The molecule has 0 spiro atoms. The second-order valence-corrected chi connectivity index (χ2v) is 7.19. The van der Waals surface area contributed by atoms with E-state index in [9.17, 15) is 9.90 Å². The van der Waals surface area contributed by atoms with Crippen LogP contribution in [0.1, 0.15) is 34.0 Å². The highest BCUT2D eigenvalue weighted by Gasteiger charge is 2.29. The third-order valence-electron chi connectivity index (χ3n) is 5.35. The molecule has 1 aliphatic rings. The molecular formula is C23H18F2N4O2. The van der Waals surface area contributed by atoms with Crippen molar-refractivity contribution in [2.75, 3.05) is 0 Å². The maximum atomic E-state index is 15.2. The molecule has 0 saturated carbocycles. The summed E-state index contributed by atoms with van der Waals surface area (Å²) >= 11 is 0. The predicted molar refractivity (Wildman–Crippen MR) is 110 cm³/mol. The van der Waals surface area contributed by atoms with Crippen molar-refractivity contribution in [2.24, 2.45) is 6.98 Å². The number of rotatable bonds is 4. The van der Waals surface area contributed by atoms with E-state index in [4.69, 9.17) is 6.85 Å². The van der Waals surface area contributed by atoms with Crippen LogP contribution < -0.4 is 0 Å². The van der Waals surface area contributed by atoms with Crippen LogP contribution in [0.2, 0.25) is 0 Å². The number of fused-ring (bicyclic) bond motifs is 2. The van der Waals surface area contributed by atoms with Crippen LogP contribution in [-0.2, 0) is 26.6 Å². The molecule has 8 heteroatoms. The number of nitrogens with zero attached hydrogens (tertiary/aromatic N) is 4. The van der Waals surface area contributed by atoms with Crippen molar-refractivity contribution >= 4 is 16.8 Å². The van der Waals surface area contributed by atoms with E-state index in [0.29, 0.717) is 15.9 Å². The summed E-state index contributed by atoms with van der Waals surface area (Å²) in [4.78, 5) is 18.0. The van der Waals surface area contributed by atoms with E-state index in [0.717, 1.165) is 18.3 Å². The Morgan fingerprint density at radius 3 is 2.74 bits per heavy atom. The number of carbonyl (C=O) groups is 1. The van der Waals surface area contributed by atoms with E-state index in [2.05, 4.69) is 10.1 Å². The fourth-order valence-electron chi connectivity index (χ4n) is 3.86. The summed E-state index contributed by atoms with van der Waals surface area (Å²) in [6, 6.07) is 7.84. The Morgan fingerprint density at radius 2 is 2.03 bits per heavy atom. The van der Waals surface area contributed by atoms with Gasteiger partial charge in [0.15, 0.2) is 0 Å². The van der Waals surface area contributed by atoms with Crippen LogP contribution in [0.25, 0.3) is 22.0 Å². The third-order valence-corrected chi connectivity index (χ3v) is 5.35. The molecule has 156 valence electrons. The van der Waals surface area contributed by atoms with Gasteiger partial charge in [0.2, 0.25) is 0 Å². The molecule has 0 unspecified atom stereocenters. The molecule has 5 rings (SSSR count). The molecule has 0 fully saturated rings.